The van der Waals surface area contributed by atoms with Crippen LogP contribution in [0.4, 0.5) is 11.4 Å². The van der Waals surface area contributed by atoms with Crippen molar-refractivity contribution < 1.29 is 14.3 Å². The Hall–Kier alpha value is -3.58. The van der Waals surface area contributed by atoms with Crippen molar-refractivity contribution in [1.29, 1.82) is 0 Å². The topological polar surface area (TPSA) is 100 Å². The van der Waals surface area contributed by atoms with E-state index in [4.69, 9.17) is 16.0 Å². The van der Waals surface area contributed by atoms with Crippen molar-refractivity contribution >= 4 is 39.9 Å². The summed E-state index contributed by atoms with van der Waals surface area (Å²) in [5, 5.41) is 16.7. The number of anilines is 2. The lowest BCUT2D eigenvalue weighted by Crippen LogP contribution is -2.23. The van der Waals surface area contributed by atoms with E-state index in [0.717, 1.165) is 5.56 Å². The van der Waals surface area contributed by atoms with Crippen LogP contribution in [0, 0.1) is 0 Å². The second kappa shape index (κ2) is 7.58. The number of halogens is 1. The Bertz CT molecular complexity index is 1140. The van der Waals surface area contributed by atoms with Crippen molar-refractivity contribution in [2.75, 3.05) is 5.32 Å². The van der Waals surface area contributed by atoms with Gasteiger partial charge >= 0.3 is 0 Å². The fourth-order valence-electron chi connectivity index (χ4n) is 2.74. The van der Waals surface area contributed by atoms with Crippen LogP contribution >= 0.6 is 11.6 Å². The van der Waals surface area contributed by atoms with E-state index in [9.17, 15) is 9.90 Å². The first-order valence-corrected chi connectivity index (χ1v) is 8.79. The summed E-state index contributed by atoms with van der Waals surface area (Å²) in [6.45, 7) is 0.309. The number of amides is 1. The lowest BCUT2D eigenvalue weighted by molar-refractivity contribution is 0.0926. The van der Waals surface area contributed by atoms with E-state index < -0.39 is 0 Å². The highest BCUT2D eigenvalue weighted by atomic mass is 35.5. The molecule has 0 aliphatic rings. The largest absolute Gasteiger partial charge is 0.506 e. The molecule has 3 aromatic heterocycles. The molecule has 4 aromatic rings. The molecule has 0 spiro atoms. The number of nitrogens with one attached hydrogen (secondary N) is 2. The Morgan fingerprint density at radius 3 is 2.79 bits per heavy atom. The highest BCUT2D eigenvalue weighted by Crippen LogP contribution is 2.34. The molecule has 0 aliphatic heterocycles. The molecule has 8 heteroatoms. The van der Waals surface area contributed by atoms with Gasteiger partial charge in [0, 0.05) is 42.3 Å². The number of hydrogen-bond acceptors (Lipinski definition) is 6. The second-order valence-electron chi connectivity index (χ2n) is 6.01. The molecule has 0 fully saturated rings. The third-order valence-corrected chi connectivity index (χ3v) is 4.41. The normalized spacial score (nSPS) is 10.8. The Morgan fingerprint density at radius 1 is 1.14 bits per heavy atom. The zero-order chi connectivity index (χ0) is 19.5. The first-order valence-electron chi connectivity index (χ1n) is 8.41. The number of pyridine rings is 2. The maximum atomic E-state index is 12.8. The average Bonchev–Trinajstić information content (AvgIpc) is 3.08. The number of furan rings is 1. The summed E-state index contributed by atoms with van der Waals surface area (Å²) >= 11 is 5.86. The van der Waals surface area contributed by atoms with Crippen LogP contribution in [0.5, 0.6) is 5.75 Å². The number of carbonyl (C=O) groups is 1. The molecule has 1 aromatic carbocycles. The average molecular weight is 395 g/mol. The number of fused-ring (bicyclic) bond motifs is 1. The van der Waals surface area contributed by atoms with Gasteiger partial charge in [0.15, 0.2) is 5.58 Å². The fourth-order valence-corrected chi connectivity index (χ4v) is 2.85. The maximum Gasteiger partial charge on any atom is 0.289 e. The number of phenols is 1. The van der Waals surface area contributed by atoms with Gasteiger partial charge in [-0.2, -0.15) is 0 Å². The molecule has 7 nitrogen and oxygen atoms in total. The highest BCUT2D eigenvalue weighted by molar-refractivity contribution is 6.32. The van der Waals surface area contributed by atoms with E-state index >= 15 is 0 Å². The highest BCUT2D eigenvalue weighted by Gasteiger charge is 2.21. The van der Waals surface area contributed by atoms with Crippen LogP contribution in [-0.2, 0) is 6.54 Å². The van der Waals surface area contributed by atoms with Crippen LogP contribution in [-0.4, -0.2) is 21.0 Å². The van der Waals surface area contributed by atoms with Gasteiger partial charge in [0.05, 0.1) is 16.9 Å². The molecular weight excluding hydrogens is 380 g/mol. The molecule has 0 bridgehead atoms. The molecule has 140 valence electrons. The fraction of sp³-hybridized carbons (Fsp3) is 0.0500. The summed E-state index contributed by atoms with van der Waals surface area (Å²) in [4.78, 5) is 20.8. The zero-order valence-electron chi connectivity index (χ0n) is 14.5. The van der Waals surface area contributed by atoms with Crippen LogP contribution in [0.3, 0.4) is 0 Å². The van der Waals surface area contributed by atoms with E-state index in [2.05, 4.69) is 20.6 Å². The number of benzene rings is 1. The van der Waals surface area contributed by atoms with Gasteiger partial charge in [-0.3, -0.25) is 14.8 Å². The lowest BCUT2D eigenvalue weighted by atomic mass is 10.2. The number of rotatable bonds is 5. The minimum atomic E-state index is -0.388. The molecule has 3 heterocycles. The smallest absolute Gasteiger partial charge is 0.289 e. The SMILES string of the molecule is O=C(NCc1cccnc1)c1oc2cnccc2c1Nc1ccc(Cl)c(O)c1. The molecular formula is C20H15ClN4O3. The Balaban J connectivity index is 1.66. The number of nitrogens with zero attached hydrogens (tertiary/aromatic N) is 2. The number of phenolic OH excluding ortho intramolecular Hbond substituents is 1. The summed E-state index contributed by atoms with van der Waals surface area (Å²) < 4.78 is 5.73. The van der Waals surface area contributed by atoms with Gasteiger partial charge in [0.25, 0.3) is 5.91 Å². The van der Waals surface area contributed by atoms with Gasteiger partial charge in [-0.15, -0.1) is 0 Å². The van der Waals surface area contributed by atoms with Gasteiger partial charge in [0.2, 0.25) is 5.76 Å². The van der Waals surface area contributed by atoms with Crippen LogP contribution in [0.25, 0.3) is 11.0 Å². The van der Waals surface area contributed by atoms with Gasteiger partial charge in [-0.05, 0) is 29.8 Å². The minimum Gasteiger partial charge on any atom is -0.506 e. The van der Waals surface area contributed by atoms with E-state index in [1.54, 1.807) is 42.9 Å². The second-order valence-corrected chi connectivity index (χ2v) is 6.42. The molecule has 0 radical (unpaired) electrons. The number of aromatic nitrogens is 2. The summed E-state index contributed by atoms with van der Waals surface area (Å²) in [6.07, 6.45) is 6.50. The predicted molar refractivity (Wildman–Crippen MR) is 106 cm³/mol. The standard InChI is InChI=1S/C20H15ClN4O3/c21-15-4-3-13(8-16(15)26)25-18-14-5-7-23-11-17(14)28-19(18)20(27)24-10-12-2-1-6-22-9-12/h1-9,11,25-26H,10H2,(H,24,27). The first-order chi connectivity index (χ1) is 13.6. The molecule has 4 rings (SSSR count). The Morgan fingerprint density at radius 2 is 2.00 bits per heavy atom. The van der Waals surface area contributed by atoms with Crippen molar-refractivity contribution in [3.63, 3.8) is 0 Å². The number of carbonyl (C=O) groups excluding carboxylic acids is 1. The van der Waals surface area contributed by atoms with Crippen molar-refractivity contribution in [2.24, 2.45) is 0 Å². The quantitative estimate of drug-likeness (QED) is 0.467. The van der Waals surface area contributed by atoms with Gasteiger partial charge in [-0.25, -0.2) is 0 Å². The lowest BCUT2D eigenvalue weighted by Gasteiger charge is -2.09. The van der Waals surface area contributed by atoms with E-state index in [1.165, 1.54) is 12.3 Å². The maximum absolute atomic E-state index is 12.8. The van der Waals surface area contributed by atoms with Crippen molar-refractivity contribution in [3.05, 3.63) is 77.5 Å². The van der Waals surface area contributed by atoms with Crippen LogP contribution in [0.2, 0.25) is 5.02 Å². The van der Waals surface area contributed by atoms with Crippen LogP contribution in [0.15, 0.2) is 65.6 Å². The van der Waals surface area contributed by atoms with Crippen LogP contribution < -0.4 is 10.6 Å². The van der Waals surface area contributed by atoms with Gasteiger partial charge in [-0.1, -0.05) is 17.7 Å². The van der Waals surface area contributed by atoms with Gasteiger partial charge < -0.3 is 20.2 Å². The number of hydrogen-bond donors (Lipinski definition) is 3. The minimum absolute atomic E-state index is 0.0660. The zero-order valence-corrected chi connectivity index (χ0v) is 15.3. The number of aromatic hydroxyl groups is 1. The molecule has 1 amide bonds. The molecule has 0 aliphatic carbocycles. The van der Waals surface area contributed by atoms with E-state index in [0.29, 0.717) is 28.9 Å². The summed E-state index contributed by atoms with van der Waals surface area (Å²) in [5.74, 6) is -0.342. The molecule has 0 atom stereocenters. The molecule has 0 saturated carbocycles. The van der Waals surface area contributed by atoms with E-state index in [1.807, 2.05) is 6.07 Å². The van der Waals surface area contributed by atoms with Crippen molar-refractivity contribution in [1.82, 2.24) is 15.3 Å². The van der Waals surface area contributed by atoms with Crippen LogP contribution in [0.1, 0.15) is 16.1 Å². The Labute approximate surface area is 165 Å². The van der Waals surface area contributed by atoms with Gasteiger partial charge in [0.1, 0.15) is 5.75 Å². The third kappa shape index (κ3) is 3.60. The van der Waals surface area contributed by atoms with Crippen molar-refractivity contribution in [3.8, 4) is 5.75 Å². The Kier molecular flexibility index (Phi) is 4.82. The summed E-state index contributed by atoms with van der Waals surface area (Å²) in [6, 6.07) is 10.1. The van der Waals surface area contributed by atoms with E-state index in [-0.39, 0.29) is 22.4 Å². The first kappa shape index (κ1) is 17.8. The molecule has 28 heavy (non-hydrogen) atoms. The summed E-state index contributed by atoms with van der Waals surface area (Å²) in [7, 11) is 0. The molecule has 0 unspecified atom stereocenters. The van der Waals surface area contributed by atoms with Crippen molar-refractivity contribution in [2.45, 2.75) is 6.54 Å². The predicted octanol–water partition coefficient (Wildman–Crippen LogP) is 4.26. The monoisotopic (exact) mass is 394 g/mol. The molecule has 3 N–H and O–H groups in total. The molecule has 0 saturated heterocycles. The third-order valence-electron chi connectivity index (χ3n) is 4.09. The summed E-state index contributed by atoms with van der Waals surface area (Å²) in [5.41, 5.74) is 2.37.